The van der Waals surface area contributed by atoms with Crippen LogP contribution in [0, 0.1) is 11.8 Å². The van der Waals surface area contributed by atoms with Gasteiger partial charge in [-0.1, -0.05) is 27.2 Å². The van der Waals surface area contributed by atoms with Crippen molar-refractivity contribution in [2.45, 2.75) is 53.0 Å². The fourth-order valence-electron chi connectivity index (χ4n) is 1.92. The van der Waals surface area contributed by atoms with Crippen molar-refractivity contribution in [2.75, 3.05) is 6.54 Å². The minimum Gasteiger partial charge on any atom is -0.481 e. The highest BCUT2D eigenvalue weighted by molar-refractivity contribution is 5.76. The van der Waals surface area contributed by atoms with Gasteiger partial charge < -0.3 is 15.7 Å². The lowest BCUT2D eigenvalue weighted by atomic mass is 10.0. The Morgan fingerprint density at radius 2 is 1.83 bits per heavy atom. The molecule has 0 aliphatic carbocycles. The van der Waals surface area contributed by atoms with Crippen LogP contribution in [0.25, 0.3) is 0 Å². The predicted octanol–water partition coefficient (Wildman–Crippen LogP) is 2.22. The van der Waals surface area contributed by atoms with Gasteiger partial charge in [-0.2, -0.15) is 0 Å². The number of urea groups is 1. The van der Waals surface area contributed by atoms with Crippen molar-refractivity contribution in [3.63, 3.8) is 0 Å². The molecule has 2 amide bonds. The number of carboxylic acid groups (broad SMARTS) is 1. The number of carbonyl (C=O) groups excluding carboxylic acids is 1. The summed E-state index contributed by atoms with van der Waals surface area (Å²) in [7, 11) is 0. The zero-order valence-electron chi connectivity index (χ0n) is 11.8. The Hall–Kier alpha value is -1.26. The molecule has 0 aromatic carbocycles. The van der Waals surface area contributed by atoms with Gasteiger partial charge in [0.1, 0.15) is 0 Å². The molecule has 0 rings (SSSR count). The Balaban J connectivity index is 3.97. The van der Waals surface area contributed by atoms with E-state index in [9.17, 15) is 9.59 Å². The fraction of sp³-hybridized carbons (Fsp3) is 0.846. The molecular weight excluding hydrogens is 232 g/mol. The lowest BCUT2D eigenvalue weighted by Crippen LogP contribution is -2.43. The third-order valence-electron chi connectivity index (χ3n) is 2.70. The molecule has 0 saturated carbocycles. The van der Waals surface area contributed by atoms with Crippen LogP contribution >= 0.6 is 0 Å². The molecular formula is C13H26N2O3. The summed E-state index contributed by atoms with van der Waals surface area (Å²) in [5, 5.41) is 14.4. The summed E-state index contributed by atoms with van der Waals surface area (Å²) in [4.78, 5) is 22.4. The zero-order chi connectivity index (χ0) is 14.1. The minimum atomic E-state index is -0.854. The molecule has 0 aromatic heterocycles. The van der Waals surface area contributed by atoms with E-state index in [1.165, 1.54) is 0 Å². The second-order valence-electron chi connectivity index (χ2n) is 5.21. The van der Waals surface area contributed by atoms with Crippen LogP contribution in [0.3, 0.4) is 0 Å². The van der Waals surface area contributed by atoms with Crippen molar-refractivity contribution in [1.82, 2.24) is 10.6 Å². The van der Waals surface area contributed by atoms with Crippen molar-refractivity contribution in [3.8, 4) is 0 Å². The number of amides is 2. The van der Waals surface area contributed by atoms with Crippen LogP contribution in [0.5, 0.6) is 0 Å². The first kappa shape index (κ1) is 16.7. The first-order valence-electron chi connectivity index (χ1n) is 6.63. The Morgan fingerprint density at radius 1 is 1.22 bits per heavy atom. The molecule has 2 atom stereocenters. The van der Waals surface area contributed by atoms with Crippen LogP contribution in [0.4, 0.5) is 4.79 Å². The monoisotopic (exact) mass is 258 g/mol. The smallest absolute Gasteiger partial charge is 0.315 e. The number of carbonyl (C=O) groups is 2. The van der Waals surface area contributed by atoms with E-state index in [1.807, 2.05) is 13.8 Å². The third-order valence-corrected chi connectivity index (χ3v) is 2.70. The van der Waals surface area contributed by atoms with E-state index < -0.39 is 11.9 Å². The van der Waals surface area contributed by atoms with E-state index in [0.29, 0.717) is 12.3 Å². The van der Waals surface area contributed by atoms with Gasteiger partial charge in [0.15, 0.2) is 0 Å². The zero-order valence-corrected chi connectivity index (χ0v) is 11.8. The molecule has 5 heteroatoms. The van der Waals surface area contributed by atoms with Crippen LogP contribution in [0.15, 0.2) is 0 Å². The Morgan fingerprint density at radius 3 is 2.28 bits per heavy atom. The summed E-state index contributed by atoms with van der Waals surface area (Å²) in [5.41, 5.74) is 0. The number of carboxylic acids is 1. The van der Waals surface area contributed by atoms with Crippen molar-refractivity contribution >= 4 is 12.0 Å². The van der Waals surface area contributed by atoms with Gasteiger partial charge in [0, 0.05) is 12.6 Å². The average molecular weight is 258 g/mol. The highest BCUT2D eigenvalue weighted by Gasteiger charge is 2.17. The number of rotatable bonds is 8. The maximum absolute atomic E-state index is 11.6. The minimum absolute atomic E-state index is 0.0967. The summed E-state index contributed by atoms with van der Waals surface area (Å²) in [6, 6.07) is -0.190. The molecule has 0 heterocycles. The number of hydrogen-bond acceptors (Lipinski definition) is 2. The SMILES string of the molecule is CCCC(CNC(=O)NC(C)CC(C)C)C(=O)O. The Labute approximate surface area is 109 Å². The van der Waals surface area contributed by atoms with Gasteiger partial charge in [-0.25, -0.2) is 4.79 Å². The third kappa shape index (κ3) is 7.92. The Bertz CT molecular complexity index is 267. The molecule has 0 aliphatic rings. The maximum atomic E-state index is 11.6. The molecule has 0 fully saturated rings. The lowest BCUT2D eigenvalue weighted by molar-refractivity contribution is -0.141. The highest BCUT2D eigenvalue weighted by atomic mass is 16.4. The number of hydrogen-bond donors (Lipinski definition) is 3. The van der Waals surface area contributed by atoms with E-state index in [1.54, 1.807) is 0 Å². The summed E-state index contributed by atoms with van der Waals surface area (Å²) >= 11 is 0. The van der Waals surface area contributed by atoms with Gasteiger partial charge in [-0.05, 0) is 25.7 Å². The largest absolute Gasteiger partial charge is 0.481 e. The van der Waals surface area contributed by atoms with E-state index >= 15 is 0 Å². The van der Waals surface area contributed by atoms with Crippen molar-refractivity contribution in [3.05, 3.63) is 0 Å². The van der Waals surface area contributed by atoms with Gasteiger partial charge >= 0.3 is 12.0 Å². The molecule has 0 aromatic rings. The second-order valence-corrected chi connectivity index (χ2v) is 5.21. The molecule has 0 spiro atoms. The van der Waals surface area contributed by atoms with Crippen LogP contribution in [0.2, 0.25) is 0 Å². The Kier molecular flexibility index (Phi) is 8.16. The lowest BCUT2D eigenvalue weighted by Gasteiger charge is -2.18. The number of aliphatic carboxylic acids is 1. The summed E-state index contributed by atoms with van der Waals surface area (Å²) in [6.45, 7) is 8.25. The predicted molar refractivity (Wildman–Crippen MR) is 71.5 cm³/mol. The summed E-state index contributed by atoms with van der Waals surface area (Å²) in [6.07, 6.45) is 2.28. The van der Waals surface area contributed by atoms with Gasteiger partial charge in [0.2, 0.25) is 0 Å². The quantitative estimate of drug-likeness (QED) is 0.624. The molecule has 0 saturated heterocycles. The molecule has 18 heavy (non-hydrogen) atoms. The van der Waals surface area contributed by atoms with Crippen molar-refractivity contribution in [2.24, 2.45) is 11.8 Å². The topological polar surface area (TPSA) is 78.4 Å². The highest BCUT2D eigenvalue weighted by Crippen LogP contribution is 2.05. The van der Waals surface area contributed by atoms with E-state index in [2.05, 4.69) is 24.5 Å². The first-order chi connectivity index (χ1) is 8.36. The molecule has 0 bridgehead atoms. The maximum Gasteiger partial charge on any atom is 0.315 e. The van der Waals surface area contributed by atoms with Gasteiger partial charge in [-0.15, -0.1) is 0 Å². The van der Waals surface area contributed by atoms with Crippen LogP contribution in [-0.2, 0) is 4.79 Å². The second kappa shape index (κ2) is 8.78. The average Bonchev–Trinajstić information content (AvgIpc) is 2.22. The molecule has 2 unspecified atom stereocenters. The van der Waals surface area contributed by atoms with E-state index in [-0.39, 0.29) is 18.6 Å². The molecule has 0 radical (unpaired) electrons. The van der Waals surface area contributed by atoms with Crippen molar-refractivity contribution < 1.29 is 14.7 Å². The first-order valence-corrected chi connectivity index (χ1v) is 6.63. The molecule has 5 nitrogen and oxygen atoms in total. The number of nitrogens with one attached hydrogen (secondary N) is 2. The molecule has 3 N–H and O–H groups in total. The normalized spacial score (nSPS) is 14.1. The van der Waals surface area contributed by atoms with Crippen molar-refractivity contribution in [1.29, 1.82) is 0 Å². The standard InChI is InChI=1S/C13H26N2O3/c1-5-6-11(12(16)17)8-14-13(18)15-10(4)7-9(2)3/h9-11H,5-8H2,1-4H3,(H,16,17)(H2,14,15,18). The van der Waals surface area contributed by atoms with Crippen LogP contribution in [-0.4, -0.2) is 29.7 Å². The molecule has 106 valence electrons. The van der Waals surface area contributed by atoms with Gasteiger partial charge in [0.25, 0.3) is 0 Å². The van der Waals surface area contributed by atoms with Gasteiger partial charge in [-0.3, -0.25) is 4.79 Å². The summed E-state index contributed by atoms with van der Waals surface area (Å²) < 4.78 is 0. The summed E-state index contributed by atoms with van der Waals surface area (Å²) in [5.74, 6) is -0.833. The van der Waals surface area contributed by atoms with Crippen LogP contribution < -0.4 is 10.6 Å². The van der Waals surface area contributed by atoms with E-state index in [0.717, 1.165) is 12.8 Å². The molecule has 0 aliphatic heterocycles. The van der Waals surface area contributed by atoms with Crippen LogP contribution in [0.1, 0.15) is 47.0 Å². The fourth-order valence-corrected chi connectivity index (χ4v) is 1.92. The van der Waals surface area contributed by atoms with E-state index in [4.69, 9.17) is 5.11 Å². The van der Waals surface area contributed by atoms with Gasteiger partial charge in [0.05, 0.1) is 5.92 Å².